The zero-order valence-electron chi connectivity index (χ0n) is 7.97. The van der Waals surface area contributed by atoms with Crippen LogP contribution in [-0.2, 0) is 4.74 Å². The smallest absolute Gasteiger partial charge is 0.159 e. The first-order valence-corrected chi connectivity index (χ1v) is 4.38. The van der Waals surface area contributed by atoms with Crippen LogP contribution in [-0.4, -0.2) is 17.1 Å². The van der Waals surface area contributed by atoms with Gasteiger partial charge in [0, 0.05) is 24.9 Å². The van der Waals surface area contributed by atoms with Gasteiger partial charge in [-0.3, -0.25) is 0 Å². The molecule has 2 heterocycles. The van der Waals surface area contributed by atoms with E-state index in [1.54, 1.807) is 19.5 Å². The molecule has 2 aromatic heterocycles. The number of pyridine rings is 2. The molecule has 0 aliphatic carbocycles. The van der Waals surface area contributed by atoms with Crippen molar-refractivity contribution in [2.45, 2.75) is 6.10 Å². The number of nitrogens with zero attached hydrogens (tertiary/aromatic N) is 2. The lowest BCUT2D eigenvalue weighted by atomic mass is 10.1. The van der Waals surface area contributed by atoms with E-state index in [0.717, 1.165) is 16.6 Å². The number of aromatic nitrogens is 2. The molecule has 3 nitrogen and oxygen atoms in total. The van der Waals surface area contributed by atoms with Gasteiger partial charge in [0.25, 0.3) is 0 Å². The van der Waals surface area contributed by atoms with Crippen LogP contribution in [0.5, 0.6) is 0 Å². The fourth-order valence-electron chi connectivity index (χ4n) is 1.41. The molecule has 0 amide bonds. The van der Waals surface area contributed by atoms with Crippen molar-refractivity contribution < 1.29 is 4.74 Å². The van der Waals surface area contributed by atoms with Crippen molar-refractivity contribution in [3.05, 3.63) is 43.1 Å². The van der Waals surface area contributed by atoms with Gasteiger partial charge < -0.3 is 4.74 Å². The Morgan fingerprint density at radius 1 is 1.29 bits per heavy atom. The van der Waals surface area contributed by atoms with Crippen molar-refractivity contribution >= 4 is 11.0 Å². The van der Waals surface area contributed by atoms with Gasteiger partial charge in [-0.25, -0.2) is 9.97 Å². The molecule has 0 saturated carbocycles. The van der Waals surface area contributed by atoms with Crippen LogP contribution >= 0.6 is 0 Å². The lowest BCUT2D eigenvalue weighted by molar-refractivity contribution is 0.141. The highest BCUT2D eigenvalue weighted by molar-refractivity contribution is 5.78. The second-order valence-electron chi connectivity index (χ2n) is 3.00. The summed E-state index contributed by atoms with van der Waals surface area (Å²) in [5.41, 5.74) is 1.75. The van der Waals surface area contributed by atoms with Crippen molar-refractivity contribution in [1.82, 2.24) is 9.97 Å². The fraction of sp³-hybridized carbons (Fsp3) is 0.182. The van der Waals surface area contributed by atoms with E-state index in [1.165, 1.54) is 0 Å². The van der Waals surface area contributed by atoms with E-state index < -0.39 is 0 Å². The zero-order chi connectivity index (χ0) is 9.97. The molecule has 0 aliphatic rings. The minimum Gasteiger partial charge on any atom is -0.377 e. The minimum atomic E-state index is -0.176. The van der Waals surface area contributed by atoms with E-state index in [9.17, 15) is 0 Å². The van der Waals surface area contributed by atoms with Crippen LogP contribution in [0, 0.1) is 6.92 Å². The van der Waals surface area contributed by atoms with Gasteiger partial charge in [0.15, 0.2) is 5.65 Å². The Bertz CT molecular complexity index is 437. The van der Waals surface area contributed by atoms with Crippen molar-refractivity contribution in [3.63, 3.8) is 0 Å². The molecule has 1 radical (unpaired) electrons. The summed E-state index contributed by atoms with van der Waals surface area (Å²) in [7, 11) is 1.64. The summed E-state index contributed by atoms with van der Waals surface area (Å²) in [5.74, 6) is 0. The molecule has 2 rings (SSSR count). The highest BCUT2D eigenvalue weighted by Gasteiger charge is 2.08. The monoisotopic (exact) mass is 187 g/mol. The maximum Gasteiger partial charge on any atom is 0.159 e. The maximum atomic E-state index is 5.18. The SMILES string of the molecule is [CH2]C(OC)c1ccnc2ncccc12. The van der Waals surface area contributed by atoms with E-state index in [-0.39, 0.29) is 6.10 Å². The normalized spacial score (nSPS) is 13.0. The van der Waals surface area contributed by atoms with Crippen LogP contribution in [0.15, 0.2) is 30.6 Å². The number of fused-ring (bicyclic) bond motifs is 1. The van der Waals surface area contributed by atoms with Crippen LogP contribution in [0.25, 0.3) is 11.0 Å². The Labute approximate surface area is 82.8 Å². The molecular weight excluding hydrogens is 176 g/mol. The lowest BCUT2D eigenvalue weighted by Crippen LogP contribution is -1.98. The topological polar surface area (TPSA) is 35.0 Å². The molecule has 0 N–H and O–H groups in total. The second kappa shape index (κ2) is 3.72. The third kappa shape index (κ3) is 1.46. The molecule has 0 fully saturated rings. The second-order valence-corrected chi connectivity index (χ2v) is 3.00. The van der Waals surface area contributed by atoms with Crippen LogP contribution in [0.1, 0.15) is 11.7 Å². The number of hydrogen-bond acceptors (Lipinski definition) is 3. The summed E-state index contributed by atoms with van der Waals surface area (Å²) < 4.78 is 5.18. The van der Waals surface area contributed by atoms with Gasteiger partial charge in [-0.1, -0.05) is 0 Å². The van der Waals surface area contributed by atoms with Gasteiger partial charge in [-0.15, -0.1) is 0 Å². The third-order valence-electron chi connectivity index (χ3n) is 2.18. The van der Waals surface area contributed by atoms with Crippen LogP contribution in [0.2, 0.25) is 0 Å². The van der Waals surface area contributed by atoms with Crippen LogP contribution in [0.3, 0.4) is 0 Å². The van der Waals surface area contributed by atoms with Crippen LogP contribution < -0.4 is 0 Å². The van der Waals surface area contributed by atoms with Crippen molar-refractivity contribution in [2.75, 3.05) is 7.11 Å². The molecule has 0 aliphatic heterocycles. The molecule has 1 unspecified atom stereocenters. The lowest BCUT2D eigenvalue weighted by Gasteiger charge is -2.11. The number of rotatable bonds is 2. The summed E-state index contributed by atoms with van der Waals surface area (Å²) in [5, 5.41) is 0.997. The number of hydrogen-bond donors (Lipinski definition) is 0. The molecule has 1 atom stereocenters. The number of ether oxygens (including phenoxy) is 1. The first kappa shape index (κ1) is 9.09. The molecule has 71 valence electrons. The van der Waals surface area contributed by atoms with E-state index in [0.29, 0.717) is 0 Å². The van der Waals surface area contributed by atoms with Gasteiger partial charge >= 0.3 is 0 Å². The van der Waals surface area contributed by atoms with Gasteiger partial charge in [-0.05, 0) is 30.7 Å². The molecule has 2 aromatic rings. The Balaban J connectivity index is 2.65. The summed E-state index contributed by atoms with van der Waals surface area (Å²) in [6, 6.07) is 5.77. The highest BCUT2D eigenvalue weighted by atomic mass is 16.5. The van der Waals surface area contributed by atoms with Gasteiger partial charge in [0.1, 0.15) is 0 Å². The summed E-state index contributed by atoms with van der Waals surface area (Å²) >= 11 is 0. The molecule has 0 spiro atoms. The Hall–Kier alpha value is -1.48. The average Bonchev–Trinajstić information content (AvgIpc) is 2.27. The highest BCUT2D eigenvalue weighted by Crippen LogP contribution is 2.22. The first-order chi connectivity index (χ1) is 6.83. The van der Waals surface area contributed by atoms with Crippen molar-refractivity contribution in [2.24, 2.45) is 0 Å². The summed E-state index contributed by atoms with van der Waals surface area (Å²) in [6.45, 7) is 3.90. The standard InChI is InChI=1S/C11H11N2O/c1-8(14-2)9-5-7-13-11-10(9)4-3-6-12-11/h3-8H,1H2,2H3. The third-order valence-corrected chi connectivity index (χ3v) is 2.18. The Morgan fingerprint density at radius 3 is 2.86 bits per heavy atom. The quantitative estimate of drug-likeness (QED) is 0.722. The molecular formula is C11H11N2O. The van der Waals surface area contributed by atoms with Crippen LogP contribution in [0.4, 0.5) is 0 Å². The summed E-state index contributed by atoms with van der Waals surface area (Å²) in [4.78, 5) is 8.33. The molecule has 3 heteroatoms. The molecule has 0 aromatic carbocycles. The first-order valence-electron chi connectivity index (χ1n) is 4.38. The van der Waals surface area contributed by atoms with E-state index in [4.69, 9.17) is 4.74 Å². The average molecular weight is 187 g/mol. The van der Waals surface area contributed by atoms with Gasteiger partial charge in [0.2, 0.25) is 0 Å². The molecule has 0 bridgehead atoms. The summed E-state index contributed by atoms with van der Waals surface area (Å²) in [6.07, 6.45) is 3.27. The largest absolute Gasteiger partial charge is 0.377 e. The van der Waals surface area contributed by atoms with Crippen molar-refractivity contribution in [1.29, 1.82) is 0 Å². The molecule has 14 heavy (non-hydrogen) atoms. The Morgan fingerprint density at radius 2 is 2.07 bits per heavy atom. The predicted octanol–water partition coefficient (Wildman–Crippen LogP) is 2.15. The molecule has 0 saturated heterocycles. The zero-order valence-corrected chi connectivity index (χ0v) is 7.97. The van der Waals surface area contributed by atoms with Gasteiger partial charge in [-0.2, -0.15) is 0 Å². The minimum absolute atomic E-state index is 0.176. The van der Waals surface area contributed by atoms with Crippen molar-refractivity contribution in [3.8, 4) is 0 Å². The van der Waals surface area contributed by atoms with E-state index in [2.05, 4.69) is 16.9 Å². The van der Waals surface area contributed by atoms with Gasteiger partial charge in [0.05, 0.1) is 6.10 Å². The number of methoxy groups -OCH3 is 1. The van der Waals surface area contributed by atoms with E-state index >= 15 is 0 Å². The fourth-order valence-corrected chi connectivity index (χ4v) is 1.41. The maximum absolute atomic E-state index is 5.18. The van der Waals surface area contributed by atoms with E-state index in [1.807, 2.05) is 18.2 Å². The Kier molecular flexibility index (Phi) is 2.41. The predicted molar refractivity (Wildman–Crippen MR) is 54.6 cm³/mol.